The van der Waals surface area contributed by atoms with Gasteiger partial charge in [-0.3, -0.25) is 9.79 Å². The van der Waals surface area contributed by atoms with Gasteiger partial charge >= 0.3 is 6.18 Å². The Morgan fingerprint density at radius 3 is 2.69 bits per heavy atom. The number of allylic oxidation sites excluding steroid dienone is 1. The molecule has 4 atom stereocenters. The summed E-state index contributed by atoms with van der Waals surface area (Å²) in [5.41, 5.74) is -1.11. The standard InChI is InChI=1S/C24H36F3N3O2/c1-16(2)12-23(7-3-20(13-23)29-19-5-9-32-10-6-19)22(31)30-8-4-21-17(15-30)11-18(14-28-21)24(25,26)27/h11,14,16-17,19-21,29H,3-10,12-13,15H2,1-2H3/t17?,20-,21?,23-/m1/s1. The van der Waals surface area contributed by atoms with Crippen molar-refractivity contribution in [3.63, 3.8) is 0 Å². The lowest BCUT2D eigenvalue weighted by Gasteiger charge is -2.42. The number of nitrogens with zero attached hydrogens (tertiary/aromatic N) is 2. The van der Waals surface area contributed by atoms with E-state index in [1.807, 2.05) is 4.90 Å². The summed E-state index contributed by atoms with van der Waals surface area (Å²) in [6, 6.07) is 0.604. The minimum Gasteiger partial charge on any atom is -0.381 e. The molecule has 5 nitrogen and oxygen atoms in total. The van der Waals surface area contributed by atoms with E-state index >= 15 is 0 Å². The SMILES string of the molecule is CC(C)C[C@]1(C(=O)N2CCC3N=CC(C(F)(F)F)=CC3C2)CC[C@@H](NC2CCOCC2)C1. The number of carbonyl (C=O) groups is 1. The number of carbonyl (C=O) groups excluding carboxylic acids is 1. The quantitative estimate of drug-likeness (QED) is 0.678. The Morgan fingerprint density at radius 2 is 2.00 bits per heavy atom. The number of alkyl halides is 3. The zero-order valence-electron chi connectivity index (χ0n) is 19.2. The van der Waals surface area contributed by atoms with Crippen molar-refractivity contribution in [3.8, 4) is 0 Å². The third kappa shape index (κ3) is 5.22. The molecule has 0 aromatic rings. The Kier molecular flexibility index (Phi) is 7.01. The molecule has 1 amide bonds. The van der Waals surface area contributed by atoms with Crippen LogP contribution in [0.4, 0.5) is 13.2 Å². The van der Waals surface area contributed by atoms with Crippen molar-refractivity contribution in [2.75, 3.05) is 26.3 Å². The molecule has 0 aromatic carbocycles. The van der Waals surface area contributed by atoms with Crippen LogP contribution < -0.4 is 5.32 Å². The summed E-state index contributed by atoms with van der Waals surface area (Å²) in [7, 11) is 0. The lowest BCUT2D eigenvalue weighted by molar-refractivity contribution is -0.145. The number of halogens is 3. The lowest BCUT2D eigenvalue weighted by Crippen LogP contribution is -2.51. The molecular formula is C24H36F3N3O2. The highest BCUT2D eigenvalue weighted by Crippen LogP contribution is 2.46. The van der Waals surface area contributed by atoms with E-state index in [1.165, 1.54) is 6.08 Å². The average molecular weight is 456 g/mol. The Balaban J connectivity index is 1.45. The van der Waals surface area contributed by atoms with E-state index in [0.29, 0.717) is 37.5 Å². The maximum absolute atomic E-state index is 13.8. The Bertz CT molecular complexity index is 745. The summed E-state index contributed by atoms with van der Waals surface area (Å²) in [5, 5.41) is 3.77. The van der Waals surface area contributed by atoms with E-state index in [4.69, 9.17) is 4.74 Å². The number of amides is 1. The van der Waals surface area contributed by atoms with Crippen LogP contribution in [0.2, 0.25) is 0 Å². The highest BCUT2D eigenvalue weighted by atomic mass is 19.4. The van der Waals surface area contributed by atoms with Crippen LogP contribution in [-0.2, 0) is 9.53 Å². The third-order valence-electron chi connectivity index (χ3n) is 7.59. The molecule has 180 valence electrons. The Labute approximate surface area is 188 Å². The molecule has 2 saturated heterocycles. The van der Waals surface area contributed by atoms with Gasteiger partial charge in [0.1, 0.15) is 0 Å². The molecule has 4 rings (SSSR count). The molecule has 4 aliphatic rings. The van der Waals surface area contributed by atoms with Crippen molar-refractivity contribution < 1.29 is 22.7 Å². The van der Waals surface area contributed by atoms with Gasteiger partial charge in [-0.1, -0.05) is 19.9 Å². The minimum atomic E-state index is -4.39. The Hall–Kier alpha value is -1.41. The lowest BCUT2D eigenvalue weighted by atomic mass is 9.76. The Morgan fingerprint density at radius 1 is 1.25 bits per heavy atom. The number of nitrogens with one attached hydrogen (secondary N) is 1. The minimum absolute atomic E-state index is 0.137. The second-order valence-corrected chi connectivity index (χ2v) is 10.5. The van der Waals surface area contributed by atoms with Gasteiger partial charge in [0.25, 0.3) is 0 Å². The highest BCUT2D eigenvalue weighted by molar-refractivity contribution is 5.84. The summed E-state index contributed by atoms with van der Waals surface area (Å²) >= 11 is 0. The summed E-state index contributed by atoms with van der Waals surface area (Å²) in [4.78, 5) is 19.8. The van der Waals surface area contributed by atoms with Crippen LogP contribution in [0.25, 0.3) is 0 Å². The summed E-state index contributed by atoms with van der Waals surface area (Å²) in [5.74, 6) is 0.162. The number of ether oxygens (including phenoxy) is 1. The maximum atomic E-state index is 13.8. The van der Waals surface area contributed by atoms with Gasteiger partial charge in [-0.2, -0.15) is 13.2 Å². The first-order chi connectivity index (χ1) is 15.2. The summed E-state index contributed by atoms with van der Waals surface area (Å²) in [6.45, 7) is 6.77. The molecule has 1 aliphatic carbocycles. The van der Waals surface area contributed by atoms with Crippen LogP contribution in [0.3, 0.4) is 0 Å². The molecule has 1 N–H and O–H groups in total. The molecule has 2 unspecified atom stereocenters. The largest absolute Gasteiger partial charge is 0.417 e. The normalized spacial score (nSPS) is 34.0. The van der Waals surface area contributed by atoms with Gasteiger partial charge in [0, 0.05) is 50.5 Å². The second kappa shape index (κ2) is 9.45. The highest BCUT2D eigenvalue weighted by Gasteiger charge is 2.49. The van der Waals surface area contributed by atoms with Crippen LogP contribution >= 0.6 is 0 Å². The van der Waals surface area contributed by atoms with E-state index in [1.54, 1.807) is 0 Å². The van der Waals surface area contributed by atoms with Crippen LogP contribution in [-0.4, -0.2) is 67.6 Å². The molecular weight excluding hydrogens is 419 g/mol. The molecule has 8 heteroatoms. The van der Waals surface area contributed by atoms with E-state index in [-0.39, 0.29) is 17.9 Å². The predicted molar refractivity (Wildman–Crippen MR) is 118 cm³/mol. The molecule has 0 spiro atoms. The van der Waals surface area contributed by atoms with Crippen molar-refractivity contribution in [1.29, 1.82) is 0 Å². The van der Waals surface area contributed by atoms with Gasteiger partial charge in [-0.25, -0.2) is 0 Å². The van der Waals surface area contributed by atoms with Gasteiger partial charge in [0.05, 0.1) is 17.0 Å². The van der Waals surface area contributed by atoms with E-state index in [2.05, 4.69) is 24.2 Å². The molecule has 3 fully saturated rings. The molecule has 1 saturated carbocycles. The zero-order chi connectivity index (χ0) is 22.9. The van der Waals surface area contributed by atoms with E-state index in [0.717, 1.165) is 58.0 Å². The first-order valence-electron chi connectivity index (χ1n) is 12.1. The van der Waals surface area contributed by atoms with Gasteiger partial charge < -0.3 is 15.0 Å². The molecule has 3 aliphatic heterocycles. The maximum Gasteiger partial charge on any atom is 0.417 e. The van der Waals surface area contributed by atoms with Gasteiger partial charge in [0.15, 0.2) is 0 Å². The van der Waals surface area contributed by atoms with Crippen molar-refractivity contribution in [2.24, 2.45) is 22.2 Å². The van der Waals surface area contributed by atoms with Crippen LogP contribution in [0.1, 0.15) is 58.8 Å². The number of dihydropyridines is 1. The predicted octanol–water partition coefficient (Wildman–Crippen LogP) is 4.13. The molecule has 0 radical (unpaired) electrons. The number of aliphatic imine (C=N–C) groups is 1. The average Bonchev–Trinajstić information content (AvgIpc) is 3.15. The number of fused-ring (bicyclic) bond motifs is 1. The van der Waals surface area contributed by atoms with Gasteiger partial charge in [-0.15, -0.1) is 0 Å². The van der Waals surface area contributed by atoms with Crippen molar-refractivity contribution in [2.45, 2.75) is 83.1 Å². The third-order valence-corrected chi connectivity index (χ3v) is 7.59. The van der Waals surface area contributed by atoms with Crippen molar-refractivity contribution in [3.05, 3.63) is 11.6 Å². The van der Waals surface area contributed by atoms with Crippen LogP contribution in [0.5, 0.6) is 0 Å². The van der Waals surface area contributed by atoms with Gasteiger partial charge in [0.2, 0.25) is 5.91 Å². The fraction of sp³-hybridized carbons (Fsp3) is 0.833. The second-order valence-electron chi connectivity index (χ2n) is 10.5. The van der Waals surface area contributed by atoms with Gasteiger partial charge in [-0.05, 0) is 50.9 Å². The van der Waals surface area contributed by atoms with Crippen molar-refractivity contribution >= 4 is 12.1 Å². The smallest absolute Gasteiger partial charge is 0.381 e. The first kappa shape index (κ1) is 23.7. The number of piperidine rings is 1. The number of rotatable bonds is 5. The number of hydrogen-bond acceptors (Lipinski definition) is 4. The molecule has 0 aromatic heterocycles. The van der Waals surface area contributed by atoms with Crippen molar-refractivity contribution in [1.82, 2.24) is 10.2 Å². The van der Waals surface area contributed by atoms with E-state index in [9.17, 15) is 18.0 Å². The fourth-order valence-corrected chi connectivity index (χ4v) is 6.17. The molecule has 0 bridgehead atoms. The first-order valence-corrected chi connectivity index (χ1v) is 12.1. The van der Waals surface area contributed by atoms with Crippen LogP contribution in [0.15, 0.2) is 16.6 Å². The molecule has 3 heterocycles. The fourth-order valence-electron chi connectivity index (χ4n) is 6.17. The monoisotopic (exact) mass is 455 g/mol. The topological polar surface area (TPSA) is 53.9 Å². The summed E-state index contributed by atoms with van der Waals surface area (Å²) in [6.07, 6.45) is 3.94. The number of hydrogen-bond donors (Lipinski definition) is 1. The summed E-state index contributed by atoms with van der Waals surface area (Å²) < 4.78 is 45.0. The molecule has 32 heavy (non-hydrogen) atoms. The number of likely N-dealkylation sites (tertiary alicyclic amines) is 1. The van der Waals surface area contributed by atoms with E-state index < -0.39 is 17.2 Å². The van der Waals surface area contributed by atoms with Crippen LogP contribution in [0, 0.1) is 17.3 Å². The zero-order valence-corrected chi connectivity index (χ0v) is 19.2.